The van der Waals surface area contributed by atoms with Crippen molar-refractivity contribution in [1.82, 2.24) is 4.73 Å². The summed E-state index contributed by atoms with van der Waals surface area (Å²) in [7, 11) is 0. The van der Waals surface area contributed by atoms with Crippen molar-refractivity contribution in [1.29, 1.82) is 0 Å². The van der Waals surface area contributed by atoms with Crippen LogP contribution in [0.15, 0.2) is 35.7 Å². The molecule has 0 atom stereocenters. The van der Waals surface area contributed by atoms with Gasteiger partial charge in [0.15, 0.2) is 3.95 Å². The van der Waals surface area contributed by atoms with Crippen LogP contribution in [0, 0.1) is 3.95 Å². The van der Waals surface area contributed by atoms with Gasteiger partial charge in [0.1, 0.15) is 5.69 Å². The first-order valence-corrected chi connectivity index (χ1v) is 5.42. The van der Waals surface area contributed by atoms with Crippen molar-refractivity contribution in [2.24, 2.45) is 0 Å². The van der Waals surface area contributed by atoms with Crippen LogP contribution in [-0.4, -0.2) is 11.2 Å². The first-order valence-electron chi connectivity index (χ1n) is 4.13. The minimum Gasteiger partial charge on any atom is -0.323 e. The Bertz CT molecular complexity index is 516. The number of benzene rings is 1. The van der Waals surface area contributed by atoms with Crippen LogP contribution in [0.2, 0.25) is 0 Å². The molecule has 1 aromatic heterocycles. The molecule has 0 N–H and O–H groups in total. The molecule has 0 bridgehead atoms. The number of thiazole rings is 1. The molecule has 0 spiro atoms. The van der Waals surface area contributed by atoms with E-state index in [1.165, 1.54) is 22.5 Å². The molecule has 2 rings (SSSR count). The average Bonchev–Trinajstić information content (AvgIpc) is 2.63. The van der Waals surface area contributed by atoms with Gasteiger partial charge in [-0.2, -0.15) is 4.73 Å². The maximum atomic E-state index is 10.2. The van der Waals surface area contributed by atoms with Crippen LogP contribution in [-0.2, 0) is 4.79 Å². The maximum absolute atomic E-state index is 10.2. The number of carbonyl (C=O) groups excluding carboxylic acids is 1. The molecule has 0 saturated carbocycles. The highest BCUT2D eigenvalue weighted by atomic mass is 32.1. The number of aromatic nitrogens is 1. The van der Waals surface area contributed by atoms with Crippen LogP contribution in [0.1, 0.15) is 0 Å². The zero-order valence-corrected chi connectivity index (χ0v) is 9.18. The normalized spacial score (nSPS) is 9.87. The van der Waals surface area contributed by atoms with Gasteiger partial charge in [0.2, 0.25) is 0 Å². The minimum atomic E-state index is 0.484. The Kier molecular flexibility index (Phi) is 2.94. The molecule has 0 unspecified atom stereocenters. The average molecular weight is 236 g/mol. The standard InChI is InChI=1S/C10H6NO2S2/c12-7-13-11-9(6-15-10(11)14)8-4-2-1-3-5-8/h1-6H. The second kappa shape index (κ2) is 4.37. The van der Waals surface area contributed by atoms with Crippen molar-refractivity contribution in [3.8, 4) is 11.3 Å². The molecule has 2 aromatic rings. The van der Waals surface area contributed by atoms with E-state index < -0.39 is 0 Å². The van der Waals surface area contributed by atoms with Crippen molar-refractivity contribution < 1.29 is 9.63 Å². The smallest absolute Gasteiger partial charge is 0.323 e. The van der Waals surface area contributed by atoms with Crippen molar-refractivity contribution in [3.05, 3.63) is 39.7 Å². The van der Waals surface area contributed by atoms with E-state index in [-0.39, 0.29) is 0 Å². The van der Waals surface area contributed by atoms with E-state index in [9.17, 15) is 4.79 Å². The zero-order chi connectivity index (χ0) is 10.7. The summed E-state index contributed by atoms with van der Waals surface area (Å²) in [5.41, 5.74) is 1.70. The first kappa shape index (κ1) is 10.1. The zero-order valence-electron chi connectivity index (χ0n) is 7.54. The second-order valence-corrected chi connectivity index (χ2v) is 4.23. The number of hydrogen-bond donors (Lipinski definition) is 0. The maximum Gasteiger partial charge on any atom is 0.444 e. The van der Waals surface area contributed by atoms with Crippen molar-refractivity contribution in [3.63, 3.8) is 0 Å². The lowest BCUT2D eigenvalue weighted by atomic mass is 10.2. The number of nitrogens with zero attached hydrogens (tertiary/aromatic N) is 1. The van der Waals surface area contributed by atoms with Crippen LogP contribution in [0.4, 0.5) is 0 Å². The van der Waals surface area contributed by atoms with Gasteiger partial charge in [-0.25, -0.2) is 4.79 Å². The van der Waals surface area contributed by atoms with Gasteiger partial charge < -0.3 is 4.84 Å². The predicted molar refractivity (Wildman–Crippen MR) is 60.9 cm³/mol. The lowest BCUT2D eigenvalue weighted by Crippen LogP contribution is -2.09. The Balaban J connectivity index is 2.54. The molecule has 0 aliphatic carbocycles. The van der Waals surface area contributed by atoms with E-state index in [1.807, 2.05) is 35.7 Å². The summed E-state index contributed by atoms with van der Waals surface area (Å²) in [4.78, 5) is 14.9. The number of hydrogen-bond acceptors (Lipinski definition) is 4. The van der Waals surface area contributed by atoms with Gasteiger partial charge in [-0.05, 0) is 12.2 Å². The lowest BCUT2D eigenvalue weighted by Gasteiger charge is -2.03. The molecule has 1 radical (unpaired) electrons. The fourth-order valence-corrected chi connectivity index (χ4v) is 2.17. The predicted octanol–water partition coefficient (Wildman–Crippen LogP) is 2.44. The van der Waals surface area contributed by atoms with E-state index in [1.54, 1.807) is 0 Å². The summed E-state index contributed by atoms with van der Waals surface area (Å²) >= 11 is 6.36. The van der Waals surface area contributed by atoms with Crippen molar-refractivity contribution in [2.75, 3.05) is 0 Å². The van der Waals surface area contributed by atoms with Crippen molar-refractivity contribution >= 4 is 30.0 Å². The third-order valence-electron chi connectivity index (χ3n) is 1.85. The van der Waals surface area contributed by atoms with Crippen LogP contribution in [0.3, 0.4) is 0 Å². The van der Waals surface area contributed by atoms with Gasteiger partial charge >= 0.3 is 6.47 Å². The fourth-order valence-electron chi connectivity index (χ4n) is 1.22. The highest BCUT2D eigenvalue weighted by Gasteiger charge is 2.07. The monoisotopic (exact) mass is 236 g/mol. The second-order valence-electron chi connectivity index (χ2n) is 2.72. The van der Waals surface area contributed by atoms with Gasteiger partial charge in [-0.3, -0.25) is 0 Å². The summed E-state index contributed by atoms with van der Waals surface area (Å²) in [5.74, 6) is 0. The van der Waals surface area contributed by atoms with E-state index in [0.717, 1.165) is 11.3 Å². The Morgan fingerprint density at radius 2 is 2.07 bits per heavy atom. The fraction of sp³-hybridized carbons (Fsp3) is 0. The van der Waals surface area contributed by atoms with Crippen LogP contribution < -0.4 is 4.84 Å². The Hall–Kier alpha value is -1.46. The summed E-state index contributed by atoms with van der Waals surface area (Å²) in [5, 5.41) is 1.84. The lowest BCUT2D eigenvalue weighted by molar-refractivity contribution is 0.246. The summed E-state index contributed by atoms with van der Waals surface area (Å²) in [6.45, 7) is 1.37. The molecule has 1 heterocycles. The Morgan fingerprint density at radius 1 is 1.33 bits per heavy atom. The molecular formula is C10H6NO2S2. The highest BCUT2D eigenvalue weighted by molar-refractivity contribution is 7.73. The molecule has 3 nitrogen and oxygen atoms in total. The largest absolute Gasteiger partial charge is 0.444 e. The molecule has 0 aliphatic heterocycles. The molecule has 15 heavy (non-hydrogen) atoms. The third kappa shape index (κ3) is 1.98. The number of rotatable bonds is 3. The van der Waals surface area contributed by atoms with E-state index in [2.05, 4.69) is 4.84 Å². The summed E-state index contributed by atoms with van der Waals surface area (Å²) in [6.07, 6.45) is 0. The quantitative estimate of drug-likeness (QED) is 0.767. The SMILES string of the molecule is O=[C]On1c(-c2ccccc2)csc1=S. The Morgan fingerprint density at radius 3 is 2.73 bits per heavy atom. The molecular weight excluding hydrogens is 230 g/mol. The minimum absolute atomic E-state index is 0.484. The van der Waals surface area contributed by atoms with E-state index >= 15 is 0 Å². The van der Waals surface area contributed by atoms with Crippen LogP contribution in [0.25, 0.3) is 11.3 Å². The molecule has 75 valence electrons. The molecule has 1 aromatic carbocycles. The summed E-state index contributed by atoms with van der Waals surface area (Å²) < 4.78 is 1.78. The van der Waals surface area contributed by atoms with Crippen LogP contribution >= 0.6 is 23.6 Å². The first-order chi connectivity index (χ1) is 7.33. The molecule has 0 saturated heterocycles. The van der Waals surface area contributed by atoms with Gasteiger partial charge in [0, 0.05) is 10.9 Å². The topological polar surface area (TPSA) is 31.2 Å². The van der Waals surface area contributed by atoms with Gasteiger partial charge in [-0.1, -0.05) is 30.3 Å². The molecule has 0 amide bonds. The van der Waals surface area contributed by atoms with E-state index in [0.29, 0.717) is 3.95 Å². The molecule has 0 aliphatic rings. The van der Waals surface area contributed by atoms with Gasteiger partial charge in [0.05, 0.1) is 0 Å². The van der Waals surface area contributed by atoms with Crippen LogP contribution in [0.5, 0.6) is 0 Å². The molecule has 5 heteroatoms. The van der Waals surface area contributed by atoms with Gasteiger partial charge in [-0.15, -0.1) is 11.3 Å². The van der Waals surface area contributed by atoms with E-state index in [4.69, 9.17) is 12.2 Å². The van der Waals surface area contributed by atoms with Gasteiger partial charge in [0.25, 0.3) is 0 Å². The van der Waals surface area contributed by atoms with Crippen molar-refractivity contribution in [2.45, 2.75) is 0 Å². The third-order valence-corrected chi connectivity index (χ3v) is 3.02. The highest BCUT2D eigenvalue weighted by Crippen LogP contribution is 2.22. The Labute approximate surface area is 95.5 Å². The molecule has 0 fully saturated rings. The summed E-state index contributed by atoms with van der Waals surface area (Å²) in [6, 6.07) is 9.57.